The fourth-order valence-electron chi connectivity index (χ4n) is 0.710. The summed E-state index contributed by atoms with van der Waals surface area (Å²) in [7, 11) is 0. The molecule has 0 atom stereocenters. The van der Waals surface area contributed by atoms with Gasteiger partial charge in [0.2, 0.25) is 0 Å². The molecule has 0 heterocycles. The van der Waals surface area contributed by atoms with E-state index < -0.39 is 0 Å². The molecular weight excluding hydrogens is 152 g/mol. The van der Waals surface area contributed by atoms with E-state index in [2.05, 4.69) is 6.58 Å². The fraction of sp³-hybridized carbons (Fsp3) is 0.500. The van der Waals surface area contributed by atoms with Crippen molar-refractivity contribution in [2.75, 3.05) is 6.61 Å². The minimum Gasteiger partial charge on any atom is -0.465 e. The molecule has 2 heteroatoms. The molecule has 0 aromatic rings. The number of esters is 1. The molecule has 2 nitrogen and oxygen atoms in total. The lowest BCUT2D eigenvalue weighted by Crippen LogP contribution is -2.04. The Kier molecular flexibility index (Phi) is 7.35. The van der Waals surface area contributed by atoms with Gasteiger partial charge in [0.15, 0.2) is 0 Å². The predicted molar refractivity (Wildman–Crippen MR) is 49.8 cm³/mol. The molecule has 0 rings (SSSR count). The lowest BCUT2D eigenvalue weighted by molar-refractivity contribution is -0.143. The summed E-state index contributed by atoms with van der Waals surface area (Å²) in [5, 5.41) is 0. The first-order valence-corrected chi connectivity index (χ1v) is 4.24. The van der Waals surface area contributed by atoms with Gasteiger partial charge in [-0.15, -0.1) is 0 Å². The molecule has 0 aliphatic rings. The summed E-state index contributed by atoms with van der Waals surface area (Å²) >= 11 is 0. The van der Waals surface area contributed by atoms with Gasteiger partial charge in [-0.2, -0.15) is 0 Å². The lowest BCUT2D eigenvalue weighted by atomic mass is 10.3. The van der Waals surface area contributed by atoms with Gasteiger partial charge in [-0.3, -0.25) is 4.79 Å². The molecule has 0 unspecified atom stereocenters. The van der Waals surface area contributed by atoms with Crippen LogP contribution in [0.3, 0.4) is 0 Å². The molecule has 0 spiro atoms. The summed E-state index contributed by atoms with van der Waals surface area (Å²) in [6.07, 6.45) is 7.60. The highest BCUT2D eigenvalue weighted by molar-refractivity contribution is 5.69. The van der Waals surface area contributed by atoms with Crippen LogP contribution in [0.2, 0.25) is 0 Å². The van der Waals surface area contributed by atoms with Crippen LogP contribution in [0.4, 0.5) is 0 Å². The molecule has 0 bridgehead atoms. The van der Waals surface area contributed by atoms with Gasteiger partial charge in [-0.25, -0.2) is 0 Å². The first-order chi connectivity index (χ1) is 5.81. The Morgan fingerprint density at radius 3 is 2.92 bits per heavy atom. The van der Waals surface area contributed by atoms with E-state index in [1.165, 1.54) is 0 Å². The van der Waals surface area contributed by atoms with E-state index >= 15 is 0 Å². The molecule has 0 aliphatic carbocycles. The predicted octanol–water partition coefficient (Wildman–Crippen LogP) is 2.46. The number of carbonyl (C=O) groups excluding carboxylic acids is 1. The summed E-state index contributed by atoms with van der Waals surface area (Å²) in [4.78, 5) is 10.8. The van der Waals surface area contributed by atoms with Crippen molar-refractivity contribution in [3.8, 4) is 0 Å². The van der Waals surface area contributed by atoms with E-state index in [0.717, 1.165) is 12.8 Å². The number of hydrogen-bond donors (Lipinski definition) is 0. The average Bonchev–Trinajstić information content (AvgIpc) is 2.05. The first-order valence-electron chi connectivity index (χ1n) is 4.24. The van der Waals surface area contributed by atoms with Crippen molar-refractivity contribution >= 4 is 5.97 Å². The van der Waals surface area contributed by atoms with E-state index in [1.54, 1.807) is 6.08 Å². The molecule has 0 aromatic carbocycles. The number of rotatable bonds is 6. The minimum atomic E-state index is -0.107. The van der Waals surface area contributed by atoms with E-state index in [-0.39, 0.29) is 5.97 Å². The largest absolute Gasteiger partial charge is 0.465 e. The van der Waals surface area contributed by atoms with Gasteiger partial charge >= 0.3 is 5.97 Å². The summed E-state index contributed by atoms with van der Waals surface area (Å²) in [5.41, 5.74) is 0. The van der Waals surface area contributed by atoms with Crippen LogP contribution in [-0.4, -0.2) is 12.6 Å². The van der Waals surface area contributed by atoms with Gasteiger partial charge in [0.1, 0.15) is 0 Å². The summed E-state index contributed by atoms with van der Waals surface area (Å²) in [6.45, 7) is 5.96. The van der Waals surface area contributed by atoms with Gasteiger partial charge in [0.05, 0.1) is 6.61 Å². The highest BCUT2D eigenvalue weighted by Crippen LogP contribution is 1.93. The van der Waals surface area contributed by atoms with Crippen molar-refractivity contribution in [1.82, 2.24) is 0 Å². The zero-order valence-electron chi connectivity index (χ0n) is 7.58. The molecule has 0 saturated heterocycles. The Morgan fingerprint density at radius 2 is 2.33 bits per heavy atom. The van der Waals surface area contributed by atoms with Crippen molar-refractivity contribution in [3.05, 3.63) is 24.8 Å². The van der Waals surface area contributed by atoms with Gasteiger partial charge in [0, 0.05) is 6.42 Å². The van der Waals surface area contributed by atoms with Gasteiger partial charge < -0.3 is 4.74 Å². The van der Waals surface area contributed by atoms with E-state index in [0.29, 0.717) is 13.0 Å². The second-order valence-electron chi connectivity index (χ2n) is 2.42. The Balaban J connectivity index is 3.24. The van der Waals surface area contributed by atoms with Crippen LogP contribution >= 0.6 is 0 Å². The van der Waals surface area contributed by atoms with Crippen molar-refractivity contribution in [1.29, 1.82) is 0 Å². The standard InChI is InChI=1S/C10H16O2/c1-3-5-6-7-9-12-10(11)8-4-2/h3,5-6H,1,4,7-9H2,2H3. The SMILES string of the molecule is C=CC=CCCOC(=O)CCC. The van der Waals surface area contributed by atoms with Crippen LogP contribution in [0.5, 0.6) is 0 Å². The molecular formula is C10H16O2. The molecule has 0 aliphatic heterocycles. The molecule has 0 saturated carbocycles. The van der Waals surface area contributed by atoms with Crippen LogP contribution in [0, 0.1) is 0 Å². The van der Waals surface area contributed by atoms with Gasteiger partial charge in [0.25, 0.3) is 0 Å². The second-order valence-corrected chi connectivity index (χ2v) is 2.42. The molecule has 68 valence electrons. The Labute approximate surface area is 73.9 Å². The third kappa shape index (κ3) is 7.06. The maximum atomic E-state index is 10.8. The van der Waals surface area contributed by atoms with E-state index in [1.807, 2.05) is 19.1 Å². The van der Waals surface area contributed by atoms with Crippen molar-refractivity contribution in [2.45, 2.75) is 26.2 Å². The first kappa shape index (κ1) is 11.0. The Hall–Kier alpha value is -1.05. The van der Waals surface area contributed by atoms with E-state index in [4.69, 9.17) is 4.74 Å². The van der Waals surface area contributed by atoms with Crippen LogP contribution in [0.25, 0.3) is 0 Å². The van der Waals surface area contributed by atoms with Gasteiger partial charge in [-0.05, 0) is 12.8 Å². The number of allylic oxidation sites excluding steroid dienone is 2. The number of hydrogen-bond acceptors (Lipinski definition) is 2. The molecule has 0 fully saturated rings. The topological polar surface area (TPSA) is 26.3 Å². The van der Waals surface area contributed by atoms with Crippen molar-refractivity contribution in [2.24, 2.45) is 0 Å². The minimum absolute atomic E-state index is 0.107. The molecule has 0 N–H and O–H groups in total. The molecule has 0 aromatic heterocycles. The third-order valence-electron chi connectivity index (χ3n) is 1.27. The van der Waals surface area contributed by atoms with E-state index in [9.17, 15) is 4.79 Å². The normalized spacial score (nSPS) is 10.1. The second kappa shape index (κ2) is 8.05. The van der Waals surface area contributed by atoms with Crippen molar-refractivity contribution in [3.63, 3.8) is 0 Å². The third-order valence-corrected chi connectivity index (χ3v) is 1.27. The average molecular weight is 168 g/mol. The Morgan fingerprint density at radius 1 is 1.58 bits per heavy atom. The molecule has 0 radical (unpaired) electrons. The number of ether oxygens (including phenoxy) is 1. The van der Waals surface area contributed by atoms with Crippen LogP contribution in [-0.2, 0) is 9.53 Å². The maximum absolute atomic E-state index is 10.8. The van der Waals surface area contributed by atoms with Crippen LogP contribution in [0.1, 0.15) is 26.2 Å². The Bertz CT molecular complexity index is 159. The smallest absolute Gasteiger partial charge is 0.305 e. The summed E-state index contributed by atoms with van der Waals surface area (Å²) < 4.78 is 4.90. The maximum Gasteiger partial charge on any atom is 0.305 e. The highest BCUT2D eigenvalue weighted by Gasteiger charge is 1.97. The van der Waals surface area contributed by atoms with Crippen LogP contribution < -0.4 is 0 Å². The summed E-state index contributed by atoms with van der Waals surface area (Å²) in [6, 6.07) is 0. The molecule has 0 amide bonds. The van der Waals surface area contributed by atoms with Gasteiger partial charge in [-0.1, -0.05) is 31.7 Å². The fourth-order valence-corrected chi connectivity index (χ4v) is 0.710. The summed E-state index contributed by atoms with van der Waals surface area (Å²) in [5.74, 6) is -0.107. The van der Waals surface area contributed by atoms with Crippen LogP contribution in [0.15, 0.2) is 24.8 Å². The monoisotopic (exact) mass is 168 g/mol. The zero-order chi connectivity index (χ0) is 9.23. The quantitative estimate of drug-likeness (QED) is 0.346. The highest BCUT2D eigenvalue weighted by atomic mass is 16.5. The number of carbonyl (C=O) groups is 1. The zero-order valence-corrected chi connectivity index (χ0v) is 7.58. The molecule has 12 heavy (non-hydrogen) atoms. The lowest BCUT2D eigenvalue weighted by Gasteiger charge is -1.99. The van der Waals surface area contributed by atoms with Crippen molar-refractivity contribution < 1.29 is 9.53 Å².